The lowest BCUT2D eigenvalue weighted by atomic mass is 9.78. The number of hydrogen-bond donors (Lipinski definition) is 3. The Labute approximate surface area is 552 Å². The van der Waals surface area contributed by atoms with Gasteiger partial charge < -0.3 is 30.2 Å². The van der Waals surface area contributed by atoms with Crippen molar-refractivity contribution in [3.05, 3.63) is 194 Å². The average molecular weight is 1350 g/mol. The summed E-state index contributed by atoms with van der Waals surface area (Å²) in [6.45, 7) is 7.54. The van der Waals surface area contributed by atoms with Crippen LogP contribution < -0.4 is 30.2 Å². The second-order valence-electron chi connectivity index (χ2n) is 23.7. The van der Waals surface area contributed by atoms with E-state index in [0.29, 0.717) is 53.3 Å². The van der Waals surface area contributed by atoms with Gasteiger partial charge in [-0.25, -0.2) is 17.6 Å². The van der Waals surface area contributed by atoms with Crippen molar-refractivity contribution in [3.8, 4) is 39.5 Å². The maximum Gasteiger partial charge on any atom is 0.261 e. The summed E-state index contributed by atoms with van der Waals surface area (Å²) in [5, 5.41) is 8.39. The van der Waals surface area contributed by atoms with E-state index in [1.807, 2.05) is 81.4 Å². The SMILES string of the molecule is C.C.C.Cc1cc2c(cc1-c1ccc(NC(=O)c3c(F)cccc3F)cc1)OC1(CCCCC1)CC2=O.Cc1cc2c(cc1-c1ccc(NC(=O)c3c(F)cccc3F)cc1)OC1(CCNCC1)CC2=O.Cc1cc2c(cc1Br)OC1(CCCCC1)CC2=O.Cl.Cl. The number of piperidine rings is 1. The van der Waals surface area contributed by atoms with Crippen molar-refractivity contribution in [2.45, 2.75) is 156 Å². The fourth-order valence-corrected chi connectivity index (χ4v) is 13.3. The normalized spacial score (nSPS) is 16.7. The molecule has 6 aliphatic rings. The van der Waals surface area contributed by atoms with Crippen LogP contribution in [-0.4, -0.2) is 59.1 Å². The van der Waals surface area contributed by atoms with E-state index in [9.17, 15) is 41.5 Å². The van der Waals surface area contributed by atoms with Crippen molar-refractivity contribution in [1.29, 1.82) is 0 Å². The third-order valence-corrected chi connectivity index (χ3v) is 18.4. The molecule has 0 bridgehead atoms. The van der Waals surface area contributed by atoms with E-state index < -0.39 is 51.8 Å². The standard InChI is InChI=1S/C28H25F2NO3.C27H24F2N2O3.C15H17BrO2.3CH4.2ClH/c1-17-14-21-24(32)16-28(12-3-2-4-13-28)34-25(21)15-20(17)18-8-10-19(11-9-18)31-27(33)26-22(29)6-5-7-23(26)30;1-16-13-20-23(32)15-27(9-11-30-12-10-27)34-24(20)14-19(16)17-5-7-18(8-6-17)31-26(33)25-21(28)3-2-4-22(25)29;1-10-7-11-13(17)9-15(5-3-2-4-6-15)18-14(11)8-12(10)16;;;;;/h5-11,14-15H,2-4,12-13,16H2,1H3,(H,31,33);2-8,13-14,30H,9-12,15H2,1H3,(H,31,33);7-8H,2-6,9H2,1H3;3*1H4;2*1H. The molecule has 2 aliphatic carbocycles. The third kappa shape index (κ3) is 15.8. The number of ether oxygens (including phenoxy) is 3. The van der Waals surface area contributed by atoms with Crippen molar-refractivity contribution in [3.63, 3.8) is 0 Å². The first-order valence-corrected chi connectivity index (χ1v) is 30.3. The Bertz CT molecular complexity index is 3590. The first-order valence-electron chi connectivity index (χ1n) is 29.5. The van der Waals surface area contributed by atoms with Crippen LogP contribution in [0.4, 0.5) is 28.9 Å². The molecule has 4 aliphatic heterocycles. The van der Waals surface area contributed by atoms with Crippen molar-refractivity contribution in [1.82, 2.24) is 5.32 Å². The number of hydrogen-bond acceptors (Lipinski definition) is 9. The Morgan fingerprint density at radius 3 is 1.11 bits per heavy atom. The average Bonchev–Trinajstić information content (AvgIpc) is 0.803. The second-order valence-corrected chi connectivity index (χ2v) is 24.6. The molecule has 484 valence electrons. The van der Waals surface area contributed by atoms with Crippen molar-refractivity contribution >= 4 is 81.3 Å². The maximum absolute atomic E-state index is 13.9. The summed E-state index contributed by atoms with van der Waals surface area (Å²) in [5.41, 5.74) is 7.11. The zero-order valence-electron chi connectivity index (χ0n) is 49.0. The van der Waals surface area contributed by atoms with E-state index in [4.69, 9.17) is 14.2 Å². The molecule has 2 saturated carbocycles. The summed E-state index contributed by atoms with van der Waals surface area (Å²) in [6.07, 6.45) is 13.8. The van der Waals surface area contributed by atoms with Crippen LogP contribution >= 0.6 is 40.7 Å². The van der Waals surface area contributed by atoms with Crippen molar-refractivity contribution in [2.75, 3.05) is 23.7 Å². The van der Waals surface area contributed by atoms with Crippen LogP contribution in [0.5, 0.6) is 17.2 Å². The van der Waals surface area contributed by atoms with Crippen LogP contribution in [0.1, 0.15) is 187 Å². The molecule has 4 heterocycles. The van der Waals surface area contributed by atoms with Crippen LogP contribution in [0, 0.1) is 44.0 Å². The first kappa shape index (κ1) is 72.7. The summed E-state index contributed by atoms with van der Waals surface area (Å²) >= 11 is 3.52. The Hall–Kier alpha value is -7.37. The lowest BCUT2D eigenvalue weighted by molar-refractivity contribution is 0.0128. The molecular formula is C73H80BrCl2F4N3O8. The van der Waals surface area contributed by atoms with Gasteiger partial charge >= 0.3 is 0 Å². The Kier molecular flexibility index (Phi) is 24.3. The van der Waals surface area contributed by atoms with E-state index in [1.165, 1.54) is 37.8 Å². The van der Waals surface area contributed by atoms with Gasteiger partial charge in [-0.3, -0.25) is 24.0 Å². The number of carbonyl (C=O) groups is 5. The van der Waals surface area contributed by atoms with Crippen molar-refractivity contribution < 1.29 is 55.7 Å². The number of aryl methyl sites for hydroxylation is 3. The highest BCUT2D eigenvalue weighted by atomic mass is 79.9. The molecule has 13 rings (SSSR count). The monoisotopic (exact) mass is 1350 g/mol. The van der Waals surface area contributed by atoms with E-state index in [2.05, 4.69) is 31.9 Å². The lowest BCUT2D eigenvalue weighted by Crippen LogP contribution is -2.49. The molecular weight excluding hydrogens is 1270 g/mol. The van der Waals surface area contributed by atoms with Crippen molar-refractivity contribution in [2.24, 2.45) is 0 Å². The summed E-state index contributed by atoms with van der Waals surface area (Å²) in [6, 6.07) is 32.1. The van der Waals surface area contributed by atoms with E-state index in [0.717, 1.165) is 143 Å². The fraction of sp³-hybridized carbons (Fsp3) is 0.356. The molecule has 0 radical (unpaired) electrons. The Balaban J connectivity index is 0.000000220. The van der Waals surface area contributed by atoms with E-state index >= 15 is 0 Å². The van der Waals surface area contributed by atoms with Crippen LogP contribution in [-0.2, 0) is 0 Å². The van der Waals surface area contributed by atoms with Gasteiger partial charge in [0.2, 0.25) is 0 Å². The van der Waals surface area contributed by atoms with Gasteiger partial charge in [-0.2, -0.15) is 0 Å². The summed E-state index contributed by atoms with van der Waals surface area (Å²) in [7, 11) is 0. The molecule has 7 aromatic rings. The molecule has 11 nitrogen and oxygen atoms in total. The van der Waals surface area contributed by atoms with Gasteiger partial charge in [0.1, 0.15) is 68.4 Å². The summed E-state index contributed by atoms with van der Waals surface area (Å²) < 4.78 is 75.7. The third-order valence-electron chi connectivity index (χ3n) is 17.6. The number of halogens is 7. The predicted molar refractivity (Wildman–Crippen MR) is 361 cm³/mol. The number of rotatable bonds is 6. The highest BCUT2D eigenvalue weighted by Crippen LogP contribution is 2.46. The maximum atomic E-state index is 13.9. The van der Waals surface area contributed by atoms with E-state index in [1.54, 1.807) is 24.3 Å². The number of benzene rings is 7. The van der Waals surface area contributed by atoms with E-state index in [-0.39, 0.29) is 75.6 Å². The van der Waals surface area contributed by atoms with Crippen LogP contribution in [0.3, 0.4) is 0 Å². The zero-order valence-corrected chi connectivity index (χ0v) is 52.3. The predicted octanol–water partition coefficient (Wildman–Crippen LogP) is 19.3. The molecule has 3 N–H and O–H groups in total. The van der Waals surface area contributed by atoms with Gasteiger partial charge in [-0.15, -0.1) is 24.8 Å². The van der Waals surface area contributed by atoms with Gasteiger partial charge in [-0.1, -0.05) is 87.4 Å². The molecule has 0 unspecified atom stereocenters. The molecule has 3 fully saturated rings. The lowest BCUT2D eigenvalue weighted by Gasteiger charge is -2.41. The Morgan fingerprint density at radius 1 is 0.440 bits per heavy atom. The van der Waals surface area contributed by atoms with Crippen LogP contribution in [0.2, 0.25) is 0 Å². The van der Waals surface area contributed by atoms with Gasteiger partial charge in [0.15, 0.2) is 17.3 Å². The molecule has 0 aromatic heterocycles. The minimum Gasteiger partial charge on any atom is -0.486 e. The quantitative estimate of drug-likeness (QED) is 0.138. The molecule has 91 heavy (non-hydrogen) atoms. The number of anilines is 2. The summed E-state index contributed by atoms with van der Waals surface area (Å²) in [4.78, 5) is 62.8. The van der Waals surface area contributed by atoms with Gasteiger partial charge in [0.05, 0.1) is 36.0 Å². The number of Topliss-reactive ketones (excluding diaryl/α,β-unsaturated/α-hetero) is 3. The van der Waals surface area contributed by atoms with Gasteiger partial charge in [0, 0.05) is 28.7 Å². The highest BCUT2D eigenvalue weighted by Gasteiger charge is 2.44. The highest BCUT2D eigenvalue weighted by molar-refractivity contribution is 9.10. The minimum atomic E-state index is -0.917. The van der Waals surface area contributed by atoms with Crippen LogP contribution in [0.25, 0.3) is 22.3 Å². The number of fused-ring (bicyclic) bond motifs is 3. The zero-order chi connectivity index (χ0) is 60.5. The largest absolute Gasteiger partial charge is 0.486 e. The minimum absolute atomic E-state index is 0. The van der Waals surface area contributed by atoms with Crippen LogP contribution in [0.15, 0.2) is 126 Å². The first-order chi connectivity index (χ1) is 41.3. The van der Waals surface area contributed by atoms with Gasteiger partial charge in [0.25, 0.3) is 11.8 Å². The number of amides is 2. The molecule has 2 amide bonds. The summed E-state index contributed by atoms with van der Waals surface area (Å²) in [5.74, 6) is -2.87. The Morgan fingerprint density at radius 2 is 0.758 bits per heavy atom. The second kappa shape index (κ2) is 30.4. The fourth-order valence-electron chi connectivity index (χ4n) is 12.9. The molecule has 3 spiro atoms. The number of nitrogens with one attached hydrogen (secondary N) is 3. The number of carbonyl (C=O) groups excluding carboxylic acids is 5. The molecule has 1 saturated heterocycles. The molecule has 0 atom stereocenters. The smallest absolute Gasteiger partial charge is 0.261 e. The molecule has 7 aromatic carbocycles. The molecule has 18 heteroatoms. The number of ketones is 3. The van der Waals surface area contributed by atoms with Gasteiger partial charge in [-0.05, 0) is 209 Å². The topological polar surface area (TPSA) is 149 Å².